The number of rotatable bonds is 6. The van der Waals surface area contributed by atoms with Gasteiger partial charge in [-0.1, -0.05) is 11.6 Å². The SMILES string of the molecule is COC(=O)C(O)c1c(Cl)ccc(OC)c1OCC1CC1. The second-order valence-corrected chi connectivity index (χ2v) is 5.08. The van der Waals surface area contributed by atoms with Crippen molar-refractivity contribution in [3.05, 3.63) is 22.7 Å². The van der Waals surface area contributed by atoms with Gasteiger partial charge in [0.2, 0.25) is 0 Å². The van der Waals surface area contributed by atoms with Gasteiger partial charge in [0.05, 0.1) is 31.4 Å². The lowest BCUT2D eigenvalue weighted by atomic mass is 10.1. The van der Waals surface area contributed by atoms with Crippen LogP contribution < -0.4 is 9.47 Å². The Hall–Kier alpha value is -1.46. The van der Waals surface area contributed by atoms with Gasteiger partial charge in [-0.3, -0.25) is 0 Å². The second kappa shape index (κ2) is 6.33. The number of aliphatic hydroxyl groups excluding tert-OH is 1. The summed E-state index contributed by atoms with van der Waals surface area (Å²) in [6.45, 7) is 0.512. The Morgan fingerprint density at radius 1 is 1.45 bits per heavy atom. The number of methoxy groups -OCH3 is 2. The monoisotopic (exact) mass is 300 g/mol. The van der Waals surface area contributed by atoms with Crippen LogP contribution in [0.1, 0.15) is 24.5 Å². The first kappa shape index (κ1) is 14.9. The van der Waals surface area contributed by atoms with Crippen molar-refractivity contribution < 1.29 is 24.1 Å². The fourth-order valence-corrected chi connectivity index (χ4v) is 2.09. The van der Waals surface area contributed by atoms with Crippen molar-refractivity contribution in [3.63, 3.8) is 0 Å². The molecule has 110 valence electrons. The molecule has 0 spiro atoms. The molecule has 0 amide bonds. The third-order valence-corrected chi connectivity index (χ3v) is 3.51. The zero-order valence-corrected chi connectivity index (χ0v) is 12.1. The van der Waals surface area contributed by atoms with Crippen molar-refractivity contribution in [3.8, 4) is 11.5 Å². The number of hydrogen-bond acceptors (Lipinski definition) is 5. The minimum atomic E-state index is -1.50. The van der Waals surface area contributed by atoms with Crippen LogP contribution in [0.25, 0.3) is 0 Å². The molecule has 6 heteroatoms. The molecular weight excluding hydrogens is 284 g/mol. The van der Waals surface area contributed by atoms with E-state index >= 15 is 0 Å². The fourth-order valence-electron chi connectivity index (χ4n) is 1.84. The van der Waals surface area contributed by atoms with Crippen LogP contribution in [-0.4, -0.2) is 31.9 Å². The van der Waals surface area contributed by atoms with E-state index in [0.29, 0.717) is 24.0 Å². The summed E-state index contributed by atoms with van der Waals surface area (Å²) in [4.78, 5) is 11.5. The van der Waals surface area contributed by atoms with E-state index in [4.69, 9.17) is 21.1 Å². The number of ether oxygens (including phenoxy) is 3. The van der Waals surface area contributed by atoms with Crippen molar-refractivity contribution in [2.75, 3.05) is 20.8 Å². The third-order valence-electron chi connectivity index (χ3n) is 3.18. The fraction of sp³-hybridized carbons (Fsp3) is 0.500. The summed E-state index contributed by atoms with van der Waals surface area (Å²) < 4.78 is 15.5. The van der Waals surface area contributed by atoms with Gasteiger partial charge in [-0.05, 0) is 30.9 Å². The first-order valence-corrected chi connectivity index (χ1v) is 6.71. The normalized spacial score (nSPS) is 15.6. The Bertz CT molecular complexity index is 499. The summed E-state index contributed by atoms with van der Waals surface area (Å²) in [5, 5.41) is 10.3. The largest absolute Gasteiger partial charge is 0.493 e. The molecule has 0 aromatic heterocycles. The van der Waals surface area contributed by atoms with E-state index in [9.17, 15) is 9.90 Å². The van der Waals surface area contributed by atoms with Crippen molar-refractivity contribution in [2.24, 2.45) is 5.92 Å². The molecule has 1 N–H and O–H groups in total. The van der Waals surface area contributed by atoms with E-state index in [1.807, 2.05) is 0 Å². The zero-order chi connectivity index (χ0) is 14.7. The first-order chi connectivity index (χ1) is 9.58. The molecule has 5 nitrogen and oxygen atoms in total. The summed E-state index contributed by atoms with van der Waals surface area (Å²) in [5.41, 5.74) is 0.179. The number of halogens is 1. The Labute approximate surface area is 122 Å². The highest BCUT2D eigenvalue weighted by Crippen LogP contribution is 2.41. The highest BCUT2D eigenvalue weighted by Gasteiger charge is 2.29. The molecule has 0 heterocycles. The van der Waals surface area contributed by atoms with Crippen molar-refractivity contribution >= 4 is 17.6 Å². The summed E-state index contributed by atoms with van der Waals surface area (Å²) in [7, 11) is 2.69. The van der Waals surface area contributed by atoms with Crippen LogP contribution in [0.2, 0.25) is 5.02 Å². The molecule has 2 rings (SSSR count). The average Bonchev–Trinajstić information content (AvgIpc) is 3.27. The molecule has 1 aromatic rings. The topological polar surface area (TPSA) is 65.0 Å². The van der Waals surface area contributed by atoms with E-state index in [2.05, 4.69) is 4.74 Å². The molecule has 1 unspecified atom stereocenters. The van der Waals surface area contributed by atoms with Gasteiger partial charge in [0.15, 0.2) is 17.6 Å². The number of benzene rings is 1. The molecule has 0 aliphatic heterocycles. The van der Waals surface area contributed by atoms with Gasteiger partial charge in [-0.2, -0.15) is 0 Å². The number of carbonyl (C=O) groups excluding carboxylic acids is 1. The van der Waals surface area contributed by atoms with Gasteiger partial charge in [0.25, 0.3) is 0 Å². The van der Waals surface area contributed by atoms with Gasteiger partial charge < -0.3 is 19.3 Å². The lowest BCUT2D eigenvalue weighted by Crippen LogP contribution is -2.16. The highest BCUT2D eigenvalue weighted by atomic mass is 35.5. The molecule has 0 bridgehead atoms. The zero-order valence-electron chi connectivity index (χ0n) is 11.4. The molecule has 1 aromatic carbocycles. The molecule has 1 aliphatic carbocycles. The number of aliphatic hydroxyl groups is 1. The smallest absolute Gasteiger partial charge is 0.339 e. The lowest BCUT2D eigenvalue weighted by molar-refractivity contribution is -0.150. The molecule has 1 atom stereocenters. The maximum atomic E-state index is 11.5. The van der Waals surface area contributed by atoms with E-state index in [0.717, 1.165) is 12.8 Å². The second-order valence-electron chi connectivity index (χ2n) is 4.67. The van der Waals surface area contributed by atoms with Crippen LogP contribution in [0.15, 0.2) is 12.1 Å². The minimum Gasteiger partial charge on any atom is -0.493 e. The average molecular weight is 301 g/mol. The third kappa shape index (κ3) is 3.16. The van der Waals surface area contributed by atoms with Gasteiger partial charge in [0, 0.05) is 0 Å². The van der Waals surface area contributed by atoms with Gasteiger partial charge in [-0.15, -0.1) is 0 Å². The van der Waals surface area contributed by atoms with E-state index in [1.54, 1.807) is 12.1 Å². The summed E-state index contributed by atoms with van der Waals surface area (Å²) in [6.07, 6.45) is 0.743. The quantitative estimate of drug-likeness (QED) is 0.817. The molecular formula is C14H17ClO5. The van der Waals surface area contributed by atoms with Crippen LogP contribution in [0, 0.1) is 5.92 Å². The predicted molar refractivity (Wildman–Crippen MR) is 73.2 cm³/mol. The van der Waals surface area contributed by atoms with Crippen LogP contribution >= 0.6 is 11.6 Å². The molecule has 20 heavy (non-hydrogen) atoms. The Kier molecular flexibility index (Phi) is 4.73. The lowest BCUT2D eigenvalue weighted by Gasteiger charge is -2.18. The summed E-state index contributed by atoms with van der Waals surface area (Å²) in [6, 6.07) is 3.18. The number of carbonyl (C=O) groups is 1. The molecule has 0 saturated heterocycles. The molecule has 0 radical (unpaired) electrons. The minimum absolute atomic E-state index is 0.179. The number of hydrogen-bond donors (Lipinski definition) is 1. The van der Waals surface area contributed by atoms with Crippen LogP contribution in [-0.2, 0) is 9.53 Å². The molecule has 1 aliphatic rings. The predicted octanol–water partition coefficient (Wildman–Crippen LogP) is 2.34. The first-order valence-electron chi connectivity index (χ1n) is 6.33. The Balaban J connectivity index is 2.36. The molecule has 1 saturated carbocycles. The number of esters is 1. The van der Waals surface area contributed by atoms with Crippen LogP contribution in [0.4, 0.5) is 0 Å². The van der Waals surface area contributed by atoms with E-state index < -0.39 is 12.1 Å². The summed E-state index contributed by atoms with van der Waals surface area (Å²) >= 11 is 6.08. The molecule has 1 fully saturated rings. The maximum absolute atomic E-state index is 11.5. The standard InChI is InChI=1S/C14H17ClO5/c1-18-10-6-5-9(15)11(12(16)14(17)19-2)13(10)20-7-8-3-4-8/h5-6,8,12,16H,3-4,7H2,1-2H3. The van der Waals surface area contributed by atoms with Crippen LogP contribution in [0.3, 0.4) is 0 Å². The van der Waals surface area contributed by atoms with Crippen LogP contribution in [0.5, 0.6) is 11.5 Å². The maximum Gasteiger partial charge on any atom is 0.339 e. The van der Waals surface area contributed by atoms with Crippen molar-refractivity contribution in [1.29, 1.82) is 0 Å². The van der Waals surface area contributed by atoms with Gasteiger partial charge >= 0.3 is 5.97 Å². The van der Waals surface area contributed by atoms with Crippen molar-refractivity contribution in [1.82, 2.24) is 0 Å². The van der Waals surface area contributed by atoms with Gasteiger partial charge in [-0.25, -0.2) is 4.79 Å². The van der Waals surface area contributed by atoms with Gasteiger partial charge in [0.1, 0.15) is 0 Å². The summed E-state index contributed by atoms with van der Waals surface area (Å²) in [5.74, 6) is 0.441. The highest BCUT2D eigenvalue weighted by molar-refractivity contribution is 6.32. The van der Waals surface area contributed by atoms with Crippen molar-refractivity contribution in [2.45, 2.75) is 18.9 Å². The van der Waals surface area contributed by atoms with E-state index in [-0.39, 0.29) is 10.6 Å². The Morgan fingerprint density at radius 3 is 2.70 bits per heavy atom. The Morgan fingerprint density at radius 2 is 2.15 bits per heavy atom. The van der Waals surface area contributed by atoms with E-state index in [1.165, 1.54) is 14.2 Å².